The molecule has 6 nitrogen and oxygen atoms in total. The number of nitrogens with zero attached hydrogens (tertiary/aromatic N) is 5. The first-order chi connectivity index (χ1) is 12.3. The van der Waals surface area contributed by atoms with Gasteiger partial charge in [-0.1, -0.05) is 0 Å². The summed E-state index contributed by atoms with van der Waals surface area (Å²) in [5.74, 6) is 0.216. The van der Waals surface area contributed by atoms with Crippen LogP contribution in [0.1, 0.15) is 28.8 Å². The smallest absolute Gasteiger partial charge is 0.356 e. The first-order valence-corrected chi connectivity index (χ1v) is 8.29. The Bertz CT molecular complexity index is 781. The van der Waals surface area contributed by atoms with Crippen molar-refractivity contribution in [1.82, 2.24) is 19.7 Å². The first-order valence-electron chi connectivity index (χ1n) is 8.29. The molecule has 0 unspecified atom stereocenters. The Morgan fingerprint density at radius 2 is 2.00 bits per heavy atom. The maximum absolute atomic E-state index is 12.9. The Hall–Kier alpha value is -2.58. The quantitative estimate of drug-likeness (QED) is 0.837. The maximum atomic E-state index is 12.9. The van der Waals surface area contributed by atoms with Crippen LogP contribution in [-0.2, 0) is 13.2 Å². The van der Waals surface area contributed by atoms with Crippen LogP contribution >= 0.6 is 0 Å². The molecule has 0 radical (unpaired) electrons. The van der Waals surface area contributed by atoms with Gasteiger partial charge in [0.05, 0.1) is 17.3 Å². The molecule has 3 heterocycles. The zero-order chi connectivity index (χ0) is 18.9. The molecule has 1 fully saturated rings. The topological polar surface area (TPSA) is 54.3 Å². The highest BCUT2D eigenvalue weighted by Gasteiger charge is 2.32. The van der Waals surface area contributed by atoms with Gasteiger partial charge in [-0.3, -0.25) is 9.48 Å². The molecule has 140 valence electrons. The van der Waals surface area contributed by atoms with Crippen molar-refractivity contribution in [3.05, 3.63) is 41.9 Å². The lowest BCUT2D eigenvalue weighted by molar-refractivity contribution is -0.137. The first kappa shape index (κ1) is 18.2. The average molecular weight is 367 g/mol. The normalized spacial score (nSPS) is 16.0. The van der Waals surface area contributed by atoms with E-state index in [4.69, 9.17) is 0 Å². The van der Waals surface area contributed by atoms with Crippen LogP contribution in [0.25, 0.3) is 0 Å². The summed E-state index contributed by atoms with van der Waals surface area (Å²) in [4.78, 5) is 20.1. The molecule has 0 spiro atoms. The molecule has 0 aromatic carbocycles. The van der Waals surface area contributed by atoms with Crippen LogP contribution in [0, 0.1) is 0 Å². The van der Waals surface area contributed by atoms with Gasteiger partial charge in [0.25, 0.3) is 5.91 Å². The van der Waals surface area contributed by atoms with Crippen molar-refractivity contribution >= 4 is 11.7 Å². The number of halogens is 3. The van der Waals surface area contributed by atoms with Crippen LogP contribution in [0.5, 0.6) is 0 Å². The second-order valence-corrected chi connectivity index (χ2v) is 6.44. The van der Waals surface area contributed by atoms with Crippen LogP contribution < -0.4 is 4.90 Å². The Balaban J connectivity index is 1.63. The van der Waals surface area contributed by atoms with Crippen LogP contribution in [0.15, 0.2) is 30.7 Å². The van der Waals surface area contributed by atoms with Gasteiger partial charge in [-0.15, -0.1) is 0 Å². The van der Waals surface area contributed by atoms with E-state index >= 15 is 0 Å². The molecule has 0 bridgehead atoms. The van der Waals surface area contributed by atoms with Crippen molar-refractivity contribution in [1.29, 1.82) is 0 Å². The minimum Gasteiger partial charge on any atom is -0.356 e. The van der Waals surface area contributed by atoms with E-state index in [1.807, 2.05) is 4.90 Å². The highest BCUT2D eigenvalue weighted by molar-refractivity contribution is 5.93. The molecule has 1 aliphatic heterocycles. The van der Waals surface area contributed by atoms with Gasteiger partial charge in [-0.2, -0.15) is 18.3 Å². The molecule has 2 aromatic heterocycles. The van der Waals surface area contributed by atoms with Gasteiger partial charge in [0, 0.05) is 45.6 Å². The minimum absolute atomic E-state index is 0.0322. The lowest BCUT2D eigenvalue weighted by Gasteiger charge is -2.37. The average Bonchev–Trinajstić information content (AvgIpc) is 3.06. The summed E-state index contributed by atoms with van der Waals surface area (Å²) in [6.45, 7) is 1.09. The van der Waals surface area contributed by atoms with E-state index in [2.05, 4.69) is 10.1 Å². The third-order valence-electron chi connectivity index (χ3n) is 4.68. The Labute approximate surface area is 149 Å². The van der Waals surface area contributed by atoms with E-state index in [-0.39, 0.29) is 11.9 Å². The third-order valence-corrected chi connectivity index (χ3v) is 4.68. The second-order valence-electron chi connectivity index (χ2n) is 6.44. The number of alkyl halides is 3. The number of carbonyl (C=O) groups is 1. The molecule has 9 heteroatoms. The highest BCUT2D eigenvalue weighted by Crippen LogP contribution is 2.31. The Morgan fingerprint density at radius 1 is 1.31 bits per heavy atom. The van der Waals surface area contributed by atoms with Gasteiger partial charge in [-0.05, 0) is 25.0 Å². The number of rotatable bonds is 3. The molecule has 3 rings (SSSR count). The van der Waals surface area contributed by atoms with E-state index in [9.17, 15) is 18.0 Å². The summed E-state index contributed by atoms with van der Waals surface area (Å²) < 4.78 is 40.1. The lowest BCUT2D eigenvalue weighted by atomic mass is 10.0. The molecule has 2 aromatic rings. The van der Waals surface area contributed by atoms with Crippen LogP contribution in [0.3, 0.4) is 0 Å². The van der Waals surface area contributed by atoms with Gasteiger partial charge in [-0.25, -0.2) is 4.98 Å². The van der Waals surface area contributed by atoms with Gasteiger partial charge in [0.1, 0.15) is 5.82 Å². The van der Waals surface area contributed by atoms with Crippen molar-refractivity contribution in [2.75, 3.05) is 25.0 Å². The molecule has 0 atom stereocenters. The third kappa shape index (κ3) is 3.81. The van der Waals surface area contributed by atoms with Gasteiger partial charge < -0.3 is 9.80 Å². The van der Waals surface area contributed by atoms with Crippen molar-refractivity contribution in [2.45, 2.75) is 25.1 Å². The predicted molar refractivity (Wildman–Crippen MR) is 89.8 cm³/mol. The molecule has 1 saturated heterocycles. The zero-order valence-corrected chi connectivity index (χ0v) is 14.6. The number of amides is 1. The van der Waals surface area contributed by atoms with Gasteiger partial charge >= 0.3 is 6.18 Å². The zero-order valence-electron chi connectivity index (χ0n) is 14.6. The van der Waals surface area contributed by atoms with E-state index in [1.165, 1.54) is 12.4 Å². The number of piperidine rings is 1. The van der Waals surface area contributed by atoms with E-state index in [1.54, 1.807) is 29.9 Å². The number of hydrogen-bond donors (Lipinski definition) is 0. The largest absolute Gasteiger partial charge is 0.416 e. The number of carbonyl (C=O) groups excluding carboxylic acids is 1. The Kier molecular flexibility index (Phi) is 4.88. The molecule has 26 heavy (non-hydrogen) atoms. The molecular weight excluding hydrogens is 347 g/mol. The van der Waals surface area contributed by atoms with Crippen molar-refractivity contribution in [3.8, 4) is 0 Å². The van der Waals surface area contributed by atoms with E-state index < -0.39 is 11.7 Å². The summed E-state index contributed by atoms with van der Waals surface area (Å²) >= 11 is 0. The lowest BCUT2D eigenvalue weighted by Crippen LogP contribution is -2.45. The van der Waals surface area contributed by atoms with Crippen LogP contribution in [0.2, 0.25) is 0 Å². The summed E-state index contributed by atoms with van der Waals surface area (Å²) in [6, 6.07) is 2.08. The summed E-state index contributed by atoms with van der Waals surface area (Å²) in [7, 11) is 3.50. The van der Waals surface area contributed by atoms with Crippen molar-refractivity contribution < 1.29 is 18.0 Å². The SMILES string of the molecule is CN(C(=O)c1cnn(C)c1)C1CCN(c2cc(C(F)(F)F)ccn2)CC1. The monoisotopic (exact) mass is 367 g/mol. The molecule has 0 aliphatic carbocycles. The minimum atomic E-state index is -4.38. The molecule has 0 saturated carbocycles. The number of pyridine rings is 1. The second kappa shape index (κ2) is 6.97. The molecule has 0 N–H and O–H groups in total. The van der Waals surface area contributed by atoms with E-state index in [0.717, 1.165) is 12.1 Å². The molecular formula is C17H20F3N5O. The van der Waals surface area contributed by atoms with E-state index in [0.29, 0.717) is 37.3 Å². The number of anilines is 1. The molecule has 1 amide bonds. The predicted octanol–water partition coefficient (Wildman–Crippen LogP) is 2.57. The fraction of sp³-hybridized carbons (Fsp3) is 0.471. The standard InChI is InChI=1S/C17H20F3N5O/c1-23-11-12(10-22-23)16(26)24(2)14-4-7-25(8-5-14)15-9-13(3-6-21-15)17(18,19)20/h3,6,9-11,14H,4-5,7-8H2,1-2H3. The number of aryl methyl sites for hydroxylation is 1. The summed E-state index contributed by atoms with van der Waals surface area (Å²) in [6.07, 6.45) is 1.33. The number of hydrogen-bond acceptors (Lipinski definition) is 4. The van der Waals surface area contributed by atoms with Crippen molar-refractivity contribution in [3.63, 3.8) is 0 Å². The van der Waals surface area contributed by atoms with Crippen LogP contribution in [0.4, 0.5) is 19.0 Å². The van der Waals surface area contributed by atoms with Crippen LogP contribution in [-0.4, -0.2) is 51.8 Å². The highest BCUT2D eigenvalue weighted by atomic mass is 19.4. The summed E-state index contributed by atoms with van der Waals surface area (Å²) in [5.41, 5.74) is -0.175. The Morgan fingerprint density at radius 3 is 2.58 bits per heavy atom. The van der Waals surface area contributed by atoms with Crippen molar-refractivity contribution in [2.24, 2.45) is 7.05 Å². The van der Waals surface area contributed by atoms with Gasteiger partial charge in [0.15, 0.2) is 0 Å². The summed E-state index contributed by atoms with van der Waals surface area (Å²) in [5, 5.41) is 4.01. The fourth-order valence-corrected chi connectivity index (χ4v) is 3.15. The molecule has 1 aliphatic rings. The van der Waals surface area contributed by atoms with Gasteiger partial charge in [0.2, 0.25) is 0 Å². The maximum Gasteiger partial charge on any atom is 0.416 e. The number of aromatic nitrogens is 3. The fourth-order valence-electron chi connectivity index (χ4n) is 3.15.